The zero-order valence-electron chi connectivity index (χ0n) is 10.5. The number of hydrogen-bond donors (Lipinski definition) is 0. The first-order valence-electron chi connectivity index (χ1n) is 6.17. The smallest absolute Gasteiger partial charge is 0.185 e. The molecule has 0 saturated heterocycles. The van der Waals surface area contributed by atoms with Crippen LogP contribution in [-0.2, 0) is 11.2 Å². The topological polar surface area (TPSA) is 17.1 Å². The SMILES string of the molecule is CC(=O)SCCCCCCc1ccc(F)cc1F. The molecule has 0 atom stereocenters. The van der Waals surface area contributed by atoms with Crippen molar-refractivity contribution in [3.63, 3.8) is 0 Å². The van der Waals surface area contributed by atoms with E-state index in [4.69, 9.17) is 0 Å². The highest BCUT2D eigenvalue weighted by molar-refractivity contribution is 8.13. The molecule has 0 radical (unpaired) electrons. The van der Waals surface area contributed by atoms with Crippen LogP contribution in [0.3, 0.4) is 0 Å². The van der Waals surface area contributed by atoms with Gasteiger partial charge in [0.25, 0.3) is 0 Å². The van der Waals surface area contributed by atoms with Gasteiger partial charge in [0.05, 0.1) is 0 Å². The van der Waals surface area contributed by atoms with Crippen molar-refractivity contribution in [2.24, 2.45) is 0 Å². The number of carbonyl (C=O) groups excluding carboxylic acids is 1. The number of rotatable bonds is 7. The van der Waals surface area contributed by atoms with Crippen LogP contribution in [0.2, 0.25) is 0 Å². The van der Waals surface area contributed by atoms with Crippen molar-refractivity contribution < 1.29 is 13.6 Å². The van der Waals surface area contributed by atoms with E-state index >= 15 is 0 Å². The average molecular weight is 272 g/mol. The van der Waals surface area contributed by atoms with E-state index in [-0.39, 0.29) is 5.12 Å². The normalized spacial score (nSPS) is 10.6. The number of benzene rings is 1. The lowest BCUT2D eigenvalue weighted by molar-refractivity contribution is -0.109. The van der Waals surface area contributed by atoms with E-state index < -0.39 is 11.6 Å². The number of unbranched alkanes of at least 4 members (excludes halogenated alkanes) is 3. The minimum atomic E-state index is -0.530. The van der Waals surface area contributed by atoms with Gasteiger partial charge in [-0.25, -0.2) is 8.78 Å². The molecule has 0 spiro atoms. The summed E-state index contributed by atoms with van der Waals surface area (Å²) in [5, 5.41) is 0.156. The van der Waals surface area contributed by atoms with E-state index in [0.29, 0.717) is 12.0 Å². The minimum Gasteiger partial charge on any atom is -0.288 e. The van der Waals surface area contributed by atoms with Crippen LogP contribution in [-0.4, -0.2) is 10.9 Å². The third-order valence-electron chi connectivity index (χ3n) is 2.66. The molecule has 1 nitrogen and oxygen atoms in total. The molecule has 100 valence electrons. The van der Waals surface area contributed by atoms with Gasteiger partial charge >= 0.3 is 0 Å². The molecule has 1 aromatic rings. The summed E-state index contributed by atoms with van der Waals surface area (Å²) < 4.78 is 26.0. The standard InChI is InChI=1S/C14H18F2OS/c1-11(17)18-9-5-3-2-4-6-12-7-8-13(15)10-14(12)16/h7-8,10H,2-6,9H2,1H3. The van der Waals surface area contributed by atoms with Crippen LogP contribution >= 0.6 is 11.8 Å². The molecule has 0 amide bonds. The molecular formula is C14H18F2OS. The molecule has 0 N–H and O–H groups in total. The highest BCUT2D eigenvalue weighted by atomic mass is 32.2. The lowest BCUT2D eigenvalue weighted by atomic mass is 10.1. The third kappa shape index (κ3) is 6.15. The molecule has 0 heterocycles. The fraction of sp³-hybridized carbons (Fsp3) is 0.500. The molecule has 0 aliphatic carbocycles. The van der Waals surface area contributed by atoms with E-state index in [2.05, 4.69) is 0 Å². The maximum atomic E-state index is 13.3. The molecule has 4 heteroatoms. The summed E-state index contributed by atoms with van der Waals surface area (Å²) >= 11 is 1.35. The van der Waals surface area contributed by atoms with Crippen LogP contribution in [0.1, 0.15) is 38.2 Å². The second kappa shape index (κ2) is 8.25. The highest BCUT2D eigenvalue weighted by Crippen LogP contribution is 2.14. The summed E-state index contributed by atoms with van der Waals surface area (Å²) in [4.78, 5) is 10.7. The fourth-order valence-corrected chi connectivity index (χ4v) is 2.35. The van der Waals surface area contributed by atoms with Gasteiger partial charge < -0.3 is 0 Å². The summed E-state index contributed by atoms with van der Waals surface area (Å²) in [5.74, 6) is -0.125. The van der Waals surface area contributed by atoms with Crippen molar-refractivity contribution >= 4 is 16.9 Å². The Hall–Kier alpha value is -0.900. The van der Waals surface area contributed by atoms with Crippen molar-refractivity contribution in [3.8, 4) is 0 Å². The molecule has 0 bridgehead atoms. The lowest BCUT2D eigenvalue weighted by Gasteiger charge is -2.03. The van der Waals surface area contributed by atoms with Crippen LogP contribution in [0, 0.1) is 11.6 Å². The molecule has 1 aromatic carbocycles. The first-order chi connectivity index (χ1) is 8.59. The van der Waals surface area contributed by atoms with Gasteiger partial charge in [-0.3, -0.25) is 4.79 Å². The number of hydrogen-bond acceptors (Lipinski definition) is 2. The molecule has 18 heavy (non-hydrogen) atoms. The van der Waals surface area contributed by atoms with E-state index in [0.717, 1.165) is 37.5 Å². The van der Waals surface area contributed by atoms with Gasteiger partial charge in [-0.15, -0.1) is 0 Å². The minimum absolute atomic E-state index is 0.156. The highest BCUT2D eigenvalue weighted by Gasteiger charge is 2.03. The number of carbonyl (C=O) groups is 1. The van der Waals surface area contributed by atoms with Crippen molar-refractivity contribution in [1.82, 2.24) is 0 Å². The molecule has 0 saturated carbocycles. The van der Waals surface area contributed by atoms with Crippen LogP contribution in [0.5, 0.6) is 0 Å². The van der Waals surface area contributed by atoms with Crippen molar-refractivity contribution in [1.29, 1.82) is 0 Å². The quantitative estimate of drug-likeness (QED) is 0.686. The van der Waals surface area contributed by atoms with Crippen molar-refractivity contribution in [3.05, 3.63) is 35.4 Å². The van der Waals surface area contributed by atoms with Gasteiger partial charge in [0.15, 0.2) is 5.12 Å². The van der Waals surface area contributed by atoms with Gasteiger partial charge in [0, 0.05) is 18.7 Å². The monoisotopic (exact) mass is 272 g/mol. The van der Waals surface area contributed by atoms with E-state index in [1.165, 1.54) is 23.9 Å². The molecular weight excluding hydrogens is 254 g/mol. The fourth-order valence-electron chi connectivity index (χ4n) is 1.71. The zero-order valence-corrected chi connectivity index (χ0v) is 11.4. The summed E-state index contributed by atoms with van der Waals surface area (Å²) in [6.45, 7) is 1.57. The van der Waals surface area contributed by atoms with Crippen LogP contribution in [0.4, 0.5) is 8.78 Å². The van der Waals surface area contributed by atoms with Crippen LogP contribution < -0.4 is 0 Å². The summed E-state index contributed by atoms with van der Waals surface area (Å²) in [6.07, 6.45) is 4.60. The summed E-state index contributed by atoms with van der Waals surface area (Å²) in [5.41, 5.74) is 0.578. The predicted octanol–water partition coefficient (Wildman–Crippen LogP) is 4.35. The first kappa shape index (κ1) is 15.2. The first-order valence-corrected chi connectivity index (χ1v) is 7.15. The predicted molar refractivity (Wildman–Crippen MR) is 71.7 cm³/mol. The van der Waals surface area contributed by atoms with Crippen LogP contribution in [0.15, 0.2) is 18.2 Å². The molecule has 1 rings (SSSR count). The number of aryl methyl sites for hydroxylation is 1. The maximum absolute atomic E-state index is 13.3. The van der Waals surface area contributed by atoms with Gasteiger partial charge in [-0.2, -0.15) is 0 Å². The Kier molecular flexibility index (Phi) is 6.94. The second-order valence-electron chi connectivity index (χ2n) is 4.24. The summed E-state index contributed by atoms with van der Waals surface area (Å²) in [7, 11) is 0. The van der Waals surface area contributed by atoms with E-state index in [1.54, 1.807) is 6.92 Å². The molecule has 0 aliphatic heterocycles. The molecule has 0 aliphatic rings. The number of thioether (sulfide) groups is 1. The Balaban J connectivity index is 2.12. The molecule has 0 aromatic heterocycles. The van der Waals surface area contributed by atoms with Gasteiger partial charge in [0.1, 0.15) is 11.6 Å². The van der Waals surface area contributed by atoms with Gasteiger partial charge in [-0.05, 0) is 30.9 Å². The second-order valence-corrected chi connectivity index (χ2v) is 5.51. The van der Waals surface area contributed by atoms with Gasteiger partial charge in [-0.1, -0.05) is 30.7 Å². The van der Waals surface area contributed by atoms with Crippen LogP contribution in [0.25, 0.3) is 0 Å². The Morgan fingerprint density at radius 3 is 2.56 bits per heavy atom. The zero-order chi connectivity index (χ0) is 13.4. The van der Waals surface area contributed by atoms with E-state index in [9.17, 15) is 13.6 Å². The Bertz CT molecular complexity index is 393. The number of halogens is 2. The van der Waals surface area contributed by atoms with Crippen molar-refractivity contribution in [2.75, 3.05) is 5.75 Å². The maximum Gasteiger partial charge on any atom is 0.185 e. The lowest BCUT2D eigenvalue weighted by Crippen LogP contribution is -1.93. The molecule has 0 unspecified atom stereocenters. The summed E-state index contributed by atoms with van der Waals surface area (Å²) in [6, 6.07) is 3.73. The average Bonchev–Trinajstić information content (AvgIpc) is 2.30. The largest absolute Gasteiger partial charge is 0.288 e. The Labute approximate surface area is 111 Å². The van der Waals surface area contributed by atoms with E-state index in [1.807, 2.05) is 0 Å². The molecule has 0 fully saturated rings. The Morgan fingerprint density at radius 2 is 1.89 bits per heavy atom. The third-order valence-corrected chi connectivity index (χ3v) is 3.56. The van der Waals surface area contributed by atoms with Gasteiger partial charge in [0.2, 0.25) is 0 Å². The van der Waals surface area contributed by atoms with Crippen molar-refractivity contribution in [2.45, 2.75) is 39.0 Å². The Morgan fingerprint density at radius 1 is 1.17 bits per heavy atom.